The van der Waals surface area contributed by atoms with Crippen LogP contribution >= 0.6 is 0 Å². The summed E-state index contributed by atoms with van der Waals surface area (Å²) in [6, 6.07) is 9.15. The lowest BCUT2D eigenvalue weighted by molar-refractivity contribution is -0.161. The summed E-state index contributed by atoms with van der Waals surface area (Å²) in [5.74, 6) is 0. The van der Waals surface area contributed by atoms with E-state index >= 15 is 0 Å². The largest absolute Gasteiger partial charge is 0.465 e. The third-order valence-corrected chi connectivity index (χ3v) is 3.49. The Bertz CT molecular complexity index is 469. The molecular weight excluding hydrogens is 282 g/mol. The Morgan fingerprint density at radius 1 is 1.41 bits per heavy atom. The molecule has 1 aliphatic rings. The molecule has 0 aromatic heterocycles. The molecule has 0 bridgehead atoms. The van der Waals surface area contributed by atoms with Crippen molar-refractivity contribution < 1.29 is 19.4 Å². The third-order valence-electron chi connectivity index (χ3n) is 3.49. The second-order valence-electron chi connectivity index (χ2n) is 5.22. The first-order valence-corrected chi connectivity index (χ1v) is 7.70. The molecule has 1 aromatic rings. The van der Waals surface area contributed by atoms with Gasteiger partial charge in [0.2, 0.25) is 0 Å². The second-order valence-corrected chi connectivity index (χ2v) is 5.22. The van der Waals surface area contributed by atoms with Crippen molar-refractivity contribution in [2.75, 3.05) is 13.2 Å². The van der Waals surface area contributed by atoms with Gasteiger partial charge in [-0.3, -0.25) is 0 Å². The van der Waals surface area contributed by atoms with Crippen molar-refractivity contribution >= 4 is 6.09 Å². The summed E-state index contributed by atoms with van der Waals surface area (Å²) < 4.78 is 11.1. The summed E-state index contributed by atoms with van der Waals surface area (Å²) in [5.41, 5.74) is 0.915. The minimum Gasteiger partial charge on any atom is -0.465 e. The Balaban J connectivity index is 1.78. The van der Waals surface area contributed by atoms with Gasteiger partial charge in [0.1, 0.15) is 0 Å². The average Bonchev–Trinajstić information content (AvgIpc) is 2.55. The lowest BCUT2D eigenvalue weighted by atomic mass is 10.1. The Morgan fingerprint density at radius 2 is 2.23 bits per heavy atom. The number of amides is 1. The van der Waals surface area contributed by atoms with Crippen LogP contribution in [0.1, 0.15) is 37.3 Å². The molecule has 2 atom stereocenters. The van der Waals surface area contributed by atoms with E-state index in [4.69, 9.17) is 14.6 Å². The van der Waals surface area contributed by atoms with Gasteiger partial charge in [-0.25, -0.2) is 4.79 Å². The van der Waals surface area contributed by atoms with Crippen LogP contribution < -0.4 is 5.32 Å². The van der Waals surface area contributed by atoms with Crippen LogP contribution in [0.5, 0.6) is 0 Å². The van der Waals surface area contributed by atoms with E-state index in [-0.39, 0.29) is 12.3 Å². The Morgan fingerprint density at radius 3 is 2.91 bits per heavy atom. The number of carboxylic acid groups (broad SMARTS) is 1. The zero-order valence-corrected chi connectivity index (χ0v) is 12.6. The molecule has 1 heterocycles. The molecule has 0 aliphatic carbocycles. The van der Waals surface area contributed by atoms with Crippen molar-refractivity contribution in [1.29, 1.82) is 0 Å². The van der Waals surface area contributed by atoms with Crippen LogP contribution in [0.3, 0.4) is 0 Å². The summed E-state index contributed by atoms with van der Waals surface area (Å²) in [4.78, 5) is 10.9. The molecule has 5 heteroatoms. The molecule has 2 rings (SSSR count). The predicted octanol–water partition coefficient (Wildman–Crippen LogP) is 3.48. The lowest BCUT2D eigenvalue weighted by Crippen LogP contribution is -2.25. The lowest BCUT2D eigenvalue weighted by Gasteiger charge is -2.22. The maximum Gasteiger partial charge on any atom is 0.405 e. The molecule has 2 unspecified atom stereocenters. The quantitative estimate of drug-likeness (QED) is 0.598. The van der Waals surface area contributed by atoms with Gasteiger partial charge < -0.3 is 19.9 Å². The van der Waals surface area contributed by atoms with E-state index in [9.17, 15) is 4.79 Å². The third kappa shape index (κ3) is 5.87. The zero-order chi connectivity index (χ0) is 15.6. The number of hydrogen-bond donors (Lipinski definition) is 2. The minimum absolute atomic E-state index is 0.0794. The first-order chi connectivity index (χ1) is 10.8. The van der Waals surface area contributed by atoms with Gasteiger partial charge in [-0.1, -0.05) is 42.5 Å². The monoisotopic (exact) mass is 305 g/mol. The predicted molar refractivity (Wildman–Crippen MR) is 83.6 cm³/mol. The second kappa shape index (κ2) is 9.23. The summed E-state index contributed by atoms with van der Waals surface area (Å²) in [7, 11) is 0. The van der Waals surface area contributed by atoms with Gasteiger partial charge in [0.25, 0.3) is 0 Å². The molecule has 1 fully saturated rings. The maximum absolute atomic E-state index is 10.9. The van der Waals surface area contributed by atoms with E-state index < -0.39 is 6.09 Å². The van der Waals surface area contributed by atoms with Crippen LogP contribution in [-0.4, -0.2) is 30.7 Å². The molecule has 1 saturated heterocycles. The van der Waals surface area contributed by atoms with Crippen molar-refractivity contribution in [3.05, 3.63) is 48.0 Å². The highest BCUT2D eigenvalue weighted by atomic mass is 16.7. The fourth-order valence-electron chi connectivity index (χ4n) is 2.38. The van der Waals surface area contributed by atoms with E-state index in [1.54, 1.807) is 0 Å². The molecule has 0 saturated carbocycles. The molecule has 0 radical (unpaired) electrons. The smallest absolute Gasteiger partial charge is 0.405 e. The van der Waals surface area contributed by atoms with E-state index in [2.05, 4.69) is 5.32 Å². The molecule has 1 aliphatic heterocycles. The topological polar surface area (TPSA) is 67.8 Å². The van der Waals surface area contributed by atoms with Gasteiger partial charge >= 0.3 is 6.09 Å². The Kier molecular flexibility index (Phi) is 6.93. The van der Waals surface area contributed by atoms with Crippen molar-refractivity contribution in [1.82, 2.24) is 5.32 Å². The van der Waals surface area contributed by atoms with Crippen molar-refractivity contribution in [2.24, 2.45) is 0 Å². The van der Waals surface area contributed by atoms with E-state index in [1.165, 1.54) is 0 Å². The van der Waals surface area contributed by atoms with Crippen LogP contribution in [0.15, 0.2) is 42.5 Å². The van der Waals surface area contributed by atoms with Gasteiger partial charge in [0, 0.05) is 6.61 Å². The number of hydrogen-bond acceptors (Lipinski definition) is 3. The summed E-state index contributed by atoms with van der Waals surface area (Å²) in [6.07, 6.45) is 6.62. The fourth-order valence-corrected chi connectivity index (χ4v) is 2.38. The van der Waals surface area contributed by atoms with Crippen molar-refractivity contribution in [3.63, 3.8) is 0 Å². The first kappa shape index (κ1) is 16.5. The molecule has 1 aromatic carbocycles. The van der Waals surface area contributed by atoms with Crippen LogP contribution in [0.2, 0.25) is 0 Å². The summed E-state index contributed by atoms with van der Waals surface area (Å²) >= 11 is 0. The fraction of sp³-hybridized carbons (Fsp3) is 0.471. The van der Waals surface area contributed by atoms with E-state index in [0.29, 0.717) is 6.61 Å². The van der Waals surface area contributed by atoms with Gasteiger partial charge in [-0.2, -0.15) is 0 Å². The molecule has 120 valence electrons. The molecular formula is C17H23NO4. The van der Waals surface area contributed by atoms with Gasteiger partial charge in [-0.15, -0.1) is 0 Å². The molecule has 2 N–H and O–H groups in total. The number of ether oxygens (including phenoxy) is 2. The number of carbonyl (C=O) groups is 1. The highest BCUT2D eigenvalue weighted by molar-refractivity contribution is 5.65. The van der Waals surface area contributed by atoms with Crippen LogP contribution in [0.25, 0.3) is 0 Å². The number of rotatable bonds is 7. The van der Waals surface area contributed by atoms with E-state index in [1.807, 2.05) is 42.5 Å². The number of benzene rings is 1. The normalized spacial score (nSPS) is 19.9. The summed E-state index contributed by atoms with van der Waals surface area (Å²) in [5, 5.41) is 11.4. The van der Waals surface area contributed by atoms with Crippen molar-refractivity contribution in [3.8, 4) is 0 Å². The SMILES string of the molecule is O=C(O)NC(C=CCCOC1CCCCO1)c1ccccc1. The summed E-state index contributed by atoms with van der Waals surface area (Å²) in [6.45, 7) is 1.36. The highest BCUT2D eigenvalue weighted by Crippen LogP contribution is 2.15. The van der Waals surface area contributed by atoms with E-state index in [0.717, 1.165) is 37.9 Å². The van der Waals surface area contributed by atoms with Gasteiger partial charge in [0.15, 0.2) is 6.29 Å². The molecule has 1 amide bonds. The Labute approximate surface area is 130 Å². The number of nitrogens with one attached hydrogen (secondary N) is 1. The van der Waals surface area contributed by atoms with Crippen molar-refractivity contribution in [2.45, 2.75) is 38.0 Å². The minimum atomic E-state index is -1.04. The zero-order valence-electron chi connectivity index (χ0n) is 12.6. The Hall–Kier alpha value is -1.85. The van der Waals surface area contributed by atoms with Crippen LogP contribution in [-0.2, 0) is 9.47 Å². The van der Waals surface area contributed by atoms with Crippen LogP contribution in [0, 0.1) is 0 Å². The van der Waals surface area contributed by atoms with Gasteiger partial charge in [-0.05, 0) is 31.2 Å². The van der Waals surface area contributed by atoms with Crippen LogP contribution in [0.4, 0.5) is 4.79 Å². The molecule has 0 spiro atoms. The molecule has 5 nitrogen and oxygen atoms in total. The standard InChI is InChI=1S/C17H23NO4/c19-17(20)18-15(14-8-2-1-3-9-14)10-4-6-12-21-16-11-5-7-13-22-16/h1-4,8-10,15-16,18H,5-7,11-13H2,(H,19,20). The van der Waals surface area contributed by atoms with Gasteiger partial charge in [0.05, 0.1) is 12.6 Å². The molecule has 22 heavy (non-hydrogen) atoms. The average molecular weight is 305 g/mol. The first-order valence-electron chi connectivity index (χ1n) is 7.70. The maximum atomic E-state index is 10.9. The highest BCUT2D eigenvalue weighted by Gasteiger charge is 2.13.